The molecule has 0 radical (unpaired) electrons. The van der Waals surface area contributed by atoms with Crippen LogP contribution in [0.25, 0.3) is 5.69 Å². The average molecular weight is 454 g/mol. The summed E-state index contributed by atoms with van der Waals surface area (Å²) in [5.41, 5.74) is -1.51. The minimum Gasteiger partial charge on any atom is -0.467 e. The fourth-order valence-corrected chi connectivity index (χ4v) is 3.29. The number of carbonyl (C=O) groups is 1. The predicted molar refractivity (Wildman–Crippen MR) is 99.0 cm³/mol. The molecule has 1 aliphatic rings. The Morgan fingerprint density at radius 2 is 1.88 bits per heavy atom. The van der Waals surface area contributed by atoms with Gasteiger partial charge in [-0.25, -0.2) is 13.5 Å². The average Bonchev–Trinajstić information content (AvgIpc) is 3.20. The van der Waals surface area contributed by atoms with Crippen LogP contribution in [0.2, 0.25) is 0 Å². The van der Waals surface area contributed by atoms with Gasteiger partial charge < -0.3 is 14.8 Å². The number of nitrogens with one attached hydrogen (secondary N) is 1. The van der Waals surface area contributed by atoms with Gasteiger partial charge in [0.25, 0.3) is 5.91 Å². The van der Waals surface area contributed by atoms with Crippen LogP contribution in [-0.4, -0.2) is 34.2 Å². The monoisotopic (exact) mass is 454 g/mol. The number of nitrogens with zero attached hydrogens (tertiary/aromatic N) is 3. The van der Waals surface area contributed by atoms with Crippen LogP contribution in [0.1, 0.15) is 27.3 Å². The number of amides is 1. The van der Waals surface area contributed by atoms with Gasteiger partial charge in [-0.2, -0.15) is 13.2 Å². The lowest BCUT2D eigenvalue weighted by molar-refractivity contribution is -0.143. The van der Waals surface area contributed by atoms with Gasteiger partial charge in [-0.3, -0.25) is 4.79 Å². The van der Waals surface area contributed by atoms with Crippen molar-refractivity contribution < 1.29 is 36.2 Å². The van der Waals surface area contributed by atoms with E-state index in [1.807, 2.05) is 0 Å². The molecule has 168 valence electrons. The van der Waals surface area contributed by atoms with Crippen LogP contribution < -0.4 is 10.1 Å². The third kappa shape index (κ3) is 4.40. The number of carbonyl (C=O) groups excluding carboxylic acids is 1. The first-order valence-corrected chi connectivity index (χ1v) is 9.33. The van der Waals surface area contributed by atoms with Crippen LogP contribution in [-0.2, 0) is 23.9 Å². The number of fused-ring (bicyclic) bond motifs is 1. The van der Waals surface area contributed by atoms with Crippen molar-refractivity contribution in [2.75, 3.05) is 13.3 Å². The van der Waals surface area contributed by atoms with Crippen molar-refractivity contribution in [3.05, 3.63) is 70.5 Å². The molecule has 32 heavy (non-hydrogen) atoms. The Bertz CT molecular complexity index is 1150. The third-order valence-corrected chi connectivity index (χ3v) is 4.66. The van der Waals surface area contributed by atoms with E-state index in [1.165, 1.54) is 12.1 Å². The van der Waals surface area contributed by atoms with Crippen LogP contribution in [0.5, 0.6) is 5.75 Å². The van der Waals surface area contributed by atoms with Gasteiger partial charge in [-0.1, -0.05) is 5.21 Å². The molecule has 4 rings (SSSR count). The normalized spacial score (nSPS) is 13.4. The highest BCUT2D eigenvalue weighted by Gasteiger charge is 2.42. The molecule has 0 saturated heterocycles. The molecule has 0 fully saturated rings. The number of aromatic nitrogens is 3. The van der Waals surface area contributed by atoms with Gasteiger partial charge in [0.15, 0.2) is 18.2 Å². The number of alkyl halides is 3. The maximum Gasteiger partial charge on any atom is 0.435 e. The molecule has 7 nitrogen and oxygen atoms in total. The van der Waals surface area contributed by atoms with E-state index in [0.717, 1.165) is 24.3 Å². The van der Waals surface area contributed by atoms with E-state index in [-0.39, 0.29) is 32.1 Å². The first-order valence-electron chi connectivity index (χ1n) is 9.33. The van der Waals surface area contributed by atoms with Crippen molar-refractivity contribution in [3.63, 3.8) is 0 Å². The summed E-state index contributed by atoms with van der Waals surface area (Å²) in [5, 5.41) is 9.13. The quantitative estimate of drug-likeness (QED) is 0.598. The highest BCUT2D eigenvalue weighted by Crippen LogP contribution is 2.33. The van der Waals surface area contributed by atoms with E-state index in [9.17, 15) is 26.7 Å². The van der Waals surface area contributed by atoms with Gasteiger partial charge in [-0.05, 0) is 48.4 Å². The smallest absolute Gasteiger partial charge is 0.435 e. The van der Waals surface area contributed by atoms with Crippen LogP contribution in [0, 0.1) is 11.6 Å². The molecule has 1 amide bonds. The minimum atomic E-state index is -4.96. The van der Waals surface area contributed by atoms with Crippen molar-refractivity contribution in [3.8, 4) is 11.4 Å². The highest BCUT2D eigenvalue weighted by molar-refractivity contribution is 5.93. The number of ether oxygens (including phenoxy) is 2. The summed E-state index contributed by atoms with van der Waals surface area (Å²) >= 11 is 0. The maximum absolute atomic E-state index is 13.8. The molecule has 12 heteroatoms. The Kier molecular flexibility index (Phi) is 5.78. The third-order valence-electron chi connectivity index (χ3n) is 4.66. The Balaban J connectivity index is 1.53. The van der Waals surface area contributed by atoms with Gasteiger partial charge >= 0.3 is 6.18 Å². The number of benzene rings is 2. The molecule has 0 saturated carbocycles. The molecule has 0 atom stereocenters. The zero-order chi connectivity index (χ0) is 22.9. The van der Waals surface area contributed by atoms with Crippen LogP contribution >= 0.6 is 0 Å². The lowest BCUT2D eigenvalue weighted by atomic mass is 10.1. The molecule has 1 aromatic heterocycles. The molecular formula is C20H15F5N4O3. The molecule has 1 N–H and O–H groups in total. The summed E-state index contributed by atoms with van der Waals surface area (Å²) in [4.78, 5) is 12.4. The van der Waals surface area contributed by atoms with E-state index in [4.69, 9.17) is 9.47 Å². The maximum atomic E-state index is 13.8. The molecule has 0 unspecified atom stereocenters. The van der Waals surface area contributed by atoms with Crippen LogP contribution in [0.3, 0.4) is 0 Å². The van der Waals surface area contributed by atoms with Crippen LogP contribution in [0.15, 0.2) is 36.4 Å². The minimum absolute atomic E-state index is 0.0145. The Morgan fingerprint density at radius 1 is 1.12 bits per heavy atom. The first kappa shape index (κ1) is 21.7. The summed E-state index contributed by atoms with van der Waals surface area (Å²) in [6.45, 7) is 0.0347. The fourth-order valence-electron chi connectivity index (χ4n) is 3.29. The number of halogens is 5. The fraction of sp³-hybridized carbons (Fsp3) is 0.250. The second-order valence-corrected chi connectivity index (χ2v) is 6.84. The van der Waals surface area contributed by atoms with Crippen molar-refractivity contribution in [1.82, 2.24) is 20.3 Å². The number of rotatable bonds is 5. The van der Waals surface area contributed by atoms with E-state index >= 15 is 0 Å². The standard InChI is InChI=1S/C20H15F5N4O3/c21-13-1-3-15(4-2-13)29-18(20(23,24)25)16(27-28-29)19(30)26-6-5-11-7-14(22)8-12-9-31-10-32-17(11)12/h1-4,7-8H,5-6,9-10H2,(H,26,30). The van der Waals surface area contributed by atoms with Crippen LogP contribution in [0.4, 0.5) is 22.0 Å². The van der Waals surface area contributed by atoms with Gasteiger partial charge in [0.1, 0.15) is 17.4 Å². The molecule has 0 aliphatic carbocycles. The molecule has 2 aromatic carbocycles. The first-order chi connectivity index (χ1) is 15.2. The SMILES string of the molecule is O=C(NCCc1cc(F)cc2c1OCOC2)c1nnn(-c2ccc(F)cc2)c1C(F)(F)F. The largest absolute Gasteiger partial charge is 0.467 e. The molecule has 1 aliphatic heterocycles. The van der Waals surface area contributed by atoms with Crippen molar-refractivity contribution >= 4 is 5.91 Å². The van der Waals surface area contributed by atoms with Gasteiger partial charge in [0.2, 0.25) is 0 Å². The van der Waals surface area contributed by atoms with Gasteiger partial charge in [0, 0.05) is 12.1 Å². The zero-order valence-corrected chi connectivity index (χ0v) is 16.2. The zero-order valence-electron chi connectivity index (χ0n) is 16.2. The summed E-state index contributed by atoms with van der Waals surface area (Å²) in [5.74, 6) is -1.86. The van der Waals surface area contributed by atoms with E-state index in [0.29, 0.717) is 21.6 Å². The lowest BCUT2D eigenvalue weighted by Gasteiger charge is -2.21. The summed E-state index contributed by atoms with van der Waals surface area (Å²) in [6, 6.07) is 6.57. The molecular weight excluding hydrogens is 439 g/mol. The van der Waals surface area contributed by atoms with E-state index < -0.39 is 35.1 Å². The predicted octanol–water partition coefficient (Wildman–Crippen LogP) is 3.40. The van der Waals surface area contributed by atoms with E-state index in [1.54, 1.807) is 0 Å². The Labute approximate surface area is 177 Å². The number of hydrogen-bond acceptors (Lipinski definition) is 5. The second kappa shape index (κ2) is 8.54. The Morgan fingerprint density at radius 3 is 2.59 bits per heavy atom. The summed E-state index contributed by atoms with van der Waals surface area (Å²) in [7, 11) is 0. The molecule has 0 bridgehead atoms. The topological polar surface area (TPSA) is 78.3 Å². The molecule has 0 spiro atoms. The van der Waals surface area contributed by atoms with Gasteiger partial charge in [-0.15, -0.1) is 5.10 Å². The van der Waals surface area contributed by atoms with Gasteiger partial charge in [0.05, 0.1) is 12.3 Å². The molecule has 3 aromatic rings. The summed E-state index contributed by atoms with van der Waals surface area (Å²) < 4.78 is 78.8. The summed E-state index contributed by atoms with van der Waals surface area (Å²) in [6.07, 6.45) is -4.86. The number of hydrogen-bond donors (Lipinski definition) is 1. The second-order valence-electron chi connectivity index (χ2n) is 6.84. The lowest BCUT2D eigenvalue weighted by Crippen LogP contribution is -2.29. The molecule has 2 heterocycles. The van der Waals surface area contributed by atoms with Crippen molar-refractivity contribution in [2.45, 2.75) is 19.2 Å². The Hall–Kier alpha value is -3.54. The van der Waals surface area contributed by atoms with E-state index in [2.05, 4.69) is 15.6 Å². The highest BCUT2D eigenvalue weighted by atomic mass is 19.4. The van der Waals surface area contributed by atoms with Crippen molar-refractivity contribution in [2.24, 2.45) is 0 Å². The van der Waals surface area contributed by atoms with Crippen molar-refractivity contribution in [1.29, 1.82) is 0 Å².